The maximum absolute atomic E-state index is 11.9. The van der Waals surface area contributed by atoms with Crippen LogP contribution in [0.2, 0.25) is 0 Å². The lowest BCUT2D eigenvalue weighted by Gasteiger charge is -2.19. The summed E-state index contributed by atoms with van der Waals surface area (Å²) in [4.78, 5) is 14.9. The molecule has 0 spiro atoms. The fourth-order valence-electron chi connectivity index (χ4n) is 2.03. The van der Waals surface area contributed by atoms with E-state index in [-0.39, 0.29) is 11.9 Å². The Hall–Kier alpha value is -1.34. The average molecular weight is 234 g/mol. The number of amides is 1. The summed E-state index contributed by atoms with van der Waals surface area (Å²) < 4.78 is 0. The first-order valence-corrected chi connectivity index (χ1v) is 6.40. The van der Waals surface area contributed by atoms with E-state index < -0.39 is 0 Å². The molecule has 0 N–H and O–H groups in total. The van der Waals surface area contributed by atoms with Gasteiger partial charge in [0.1, 0.15) is 6.04 Å². The Labute approximate surface area is 99.3 Å². The molecule has 16 heavy (non-hydrogen) atoms. The molecule has 1 fully saturated rings. The SMILES string of the molecule is N#CC1CCCN1C(=O)CCc1cccs1. The van der Waals surface area contributed by atoms with E-state index in [1.807, 2.05) is 17.5 Å². The van der Waals surface area contributed by atoms with Gasteiger partial charge in [-0.05, 0) is 30.7 Å². The Balaban J connectivity index is 1.86. The van der Waals surface area contributed by atoms with Crippen molar-refractivity contribution in [1.82, 2.24) is 4.90 Å². The van der Waals surface area contributed by atoms with Crippen molar-refractivity contribution in [2.24, 2.45) is 0 Å². The third-order valence-electron chi connectivity index (χ3n) is 2.89. The summed E-state index contributed by atoms with van der Waals surface area (Å²) in [5.74, 6) is 0.123. The Morgan fingerprint density at radius 2 is 2.56 bits per heavy atom. The quantitative estimate of drug-likeness (QED) is 0.804. The van der Waals surface area contributed by atoms with Gasteiger partial charge in [-0.3, -0.25) is 4.79 Å². The molecule has 0 bridgehead atoms. The molecule has 0 radical (unpaired) electrons. The lowest BCUT2D eigenvalue weighted by molar-refractivity contribution is -0.131. The second kappa shape index (κ2) is 5.13. The summed E-state index contributed by atoms with van der Waals surface area (Å²) in [7, 11) is 0. The molecule has 84 valence electrons. The van der Waals surface area contributed by atoms with E-state index in [9.17, 15) is 4.79 Å². The van der Waals surface area contributed by atoms with Crippen LogP contribution in [0.25, 0.3) is 0 Å². The Bertz CT molecular complexity index is 394. The van der Waals surface area contributed by atoms with Crippen molar-refractivity contribution in [2.75, 3.05) is 6.54 Å². The predicted octanol–water partition coefficient (Wildman–Crippen LogP) is 2.20. The molecule has 2 heterocycles. The standard InChI is InChI=1S/C12H14N2OS/c13-9-10-3-1-7-14(10)12(15)6-5-11-4-2-8-16-11/h2,4,8,10H,1,3,5-7H2. The van der Waals surface area contributed by atoms with E-state index in [4.69, 9.17) is 5.26 Å². The van der Waals surface area contributed by atoms with E-state index in [0.29, 0.717) is 6.42 Å². The van der Waals surface area contributed by atoms with Gasteiger partial charge in [-0.15, -0.1) is 11.3 Å². The van der Waals surface area contributed by atoms with Gasteiger partial charge in [0.2, 0.25) is 5.91 Å². The maximum Gasteiger partial charge on any atom is 0.224 e. The van der Waals surface area contributed by atoms with E-state index in [2.05, 4.69) is 6.07 Å². The number of nitrogens with zero attached hydrogens (tertiary/aromatic N) is 2. The van der Waals surface area contributed by atoms with E-state index in [1.165, 1.54) is 4.88 Å². The van der Waals surface area contributed by atoms with Gasteiger partial charge in [0.15, 0.2) is 0 Å². The van der Waals surface area contributed by atoms with Crippen molar-refractivity contribution in [3.63, 3.8) is 0 Å². The molecule has 1 amide bonds. The molecule has 3 nitrogen and oxygen atoms in total. The summed E-state index contributed by atoms with van der Waals surface area (Å²) in [5.41, 5.74) is 0. The highest BCUT2D eigenvalue weighted by Gasteiger charge is 2.27. The van der Waals surface area contributed by atoms with Crippen LogP contribution in [0.3, 0.4) is 0 Å². The minimum Gasteiger partial charge on any atom is -0.327 e. The summed E-state index contributed by atoms with van der Waals surface area (Å²) >= 11 is 1.68. The fourth-order valence-corrected chi connectivity index (χ4v) is 2.74. The van der Waals surface area contributed by atoms with Crippen LogP contribution in [-0.4, -0.2) is 23.4 Å². The molecule has 1 aromatic heterocycles. The topological polar surface area (TPSA) is 44.1 Å². The zero-order valence-corrected chi connectivity index (χ0v) is 9.87. The minimum atomic E-state index is -0.184. The van der Waals surface area contributed by atoms with Crippen LogP contribution in [0.1, 0.15) is 24.1 Å². The second-order valence-electron chi connectivity index (χ2n) is 3.95. The van der Waals surface area contributed by atoms with Crippen molar-refractivity contribution in [2.45, 2.75) is 31.7 Å². The molecule has 1 aliphatic heterocycles. The van der Waals surface area contributed by atoms with Crippen LogP contribution in [0.15, 0.2) is 17.5 Å². The largest absolute Gasteiger partial charge is 0.327 e. The minimum absolute atomic E-state index is 0.123. The van der Waals surface area contributed by atoms with Crippen molar-refractivity contribution < 1.29 is 4.79 Å². The van der Waals surface area contributed by atoms with E-state index >= 15 is 0 Å². The lowest BCUT2D eigenvalue weighted by Crippen LogP contribution is -2.34. The third kappa shape index (κ3) is 2.42. The lowest BCUT2D eigenvalue weighted by atomic mass is 10.2. The van der Waals surface area contributed by atoms with Crippen LogP contribution in [-0.2, 0) is 11.2 Å². The molecule has 1 aromatic rings. The van der Waals surface area contributed by atoms with Crippen molar-refractivity contribution in [3.8, 4) is 6.07 Å². The van der Waals surface area contributed by atoms with E-state index in [1.54, 1.807) is 16.2 Å². The van der Waals surface area contributed by atoms with Crippen LogP contribution >= 0.6 is 11.3 Å². The maximum atomic E-state index is 11.9. The van der Waals surface area contributed by atoms with E-state index in [0.717, 1.165) is 25.8 Å². The van der Waals surface area contributed by atoms with Crippen molar-refractivity contribution >= 4 is 17.2 Å². The molecule has 2 rings (SSSR count). The van der Waals surface area contributed by atoms with Crippen molar-refractivity contribution in [1.29, 1.82) is 5.26 Å². The Morgan fingerprint density at radius 3 is 3.25 bits per heavy atom. The molecule has 1 unspecified atom stereocenters. The first-order valence-electron chi connectivity index (χ1n) is 5.52. The molecule has 1 aliphatic rings. The van der Waals surface area contributed by atoms with Gasteiger partial charge in [0.25, 0.3) is 0 Å². The number of rotatable bonds is 3. The third-order valence-corrected chi connectivity index (χ3v) is 3.82. The smallest absolute Gasteiger partial charge is 0.224 e. The van der Waals surface area contributed by atoms with Gasteiger partial charge in [-0.1, -0.05) is 6.07 Å². The number of nitriles is 1. The molecule has 1 saturated heterocycles. The molecule has 0 aromatic carbocycles. The molecular formula is C12H14N2OS. The zero-order chi connectivity index (χ0) is 11.4. The van der Waals surface area contributed by atoms with Crippen LogP contribution in [0.5, 0.6) is 0 Å². The molecule has 0 saturated carbocycles. The van der Waals surface area contributed by atoms with Gasteiger partial charge >= 0.3 is 0 Å². The van der Waals surface area contributed by atoms with Crippen molar-refractivity contribution in [3.05, 3.63) is 22.4 Å². The van der Waals surface area contributed by atoms with Crippen LogP contribution in [0.4, 0.5) is 0 Å². The predicted molar refractivity (Wildman–Crippen MR) is 63.0 cm³/mol. The normalized spacial score (nSPS) is 19.7. The highest BCUT2D eigenvalue weighted by molar-refractivity contribution is 7.09. The van der Waals surface area contributed by atoms with Crippen LogP contribution in [0, 0.1) is 11.3 Å². The number of aryl methyl sites for hydroxylation is 1. The van der Waals surface area contributed by atoms with Gasteiger partial charge < -0.3 is 4.90 Å². The number of carbonyl (C=O) groups is 1. The molecular weight excluding hydrogens is 220 g/mol. The van der Waals surface area contributed by atoms with Crippen LogP contribution < -0.4 is 0 Å². The average Bonchev–Trinajstić information content (AvgIpc) is 2.96. The van der Waals surface area contributed by atoms with Gasteiger partial charge in [0.05, 0.1) is 6.07 Å². The Morgan fingerprint density at radius 1 is 1.69 bits per heavy atom. The summed E-state index contributed by atoms with van der Waals surface area (Å²) in [6.45, 7) is 0.751. The molecule has 0 aliphatic carbocycles. The summed E-state index contributed by atoms with van der Waals surface area (Å²) in [5, 5.41) is 10.9. The summed E-state index contributed by atoms with van der Waals surface area (Å²) in [6.07, 6.45) is 3.12. The second-order valence-corrected chi connectivity index (χ2v) is 4.99. The fraction of sp³-hybridized carbons (Fsp3) is 0.500. The number of thiophene rings is 1. The number of hydrogen-bond acceptors (Lipinski definition) is 3. The highest BCUT2D eigenvalue weighted by Crippen LogP contribution is 2.19. The first kappa shape index (κ1) is 11.2. The highest BCUT2D eigenvalue weighted by atomic mass is 32.1. The number of hydrogen-bond donors (Lipinski definition) is 0. The number of carbonyl (C=O) groups excluding carboxylic acids is 1. The first-order chi connectivity index (χ1) is 7.81. The summed E-state index contributed by atoms with van der Waals surface area (Å²) in [6, 6.07) is 6.06. The monoisotopic (exact) mass is 234 g/mol. The molecule has 4 heteroatoms. The molecule has 1 atom stereocenters. The number of likely N-dealkylation sites (tertiary alicyclic amines) is 1. The van der Waals surface area contributed by atoms with Gasteiger partial charge in [-0.2, -0.15) is 5.26 Å². The van der Waals surface area contributed by atoms with Gasteiger partial charge in [0, 0.05) is 17.8 Å². The van der Waals surface area contributed by atoms with Gasteiger partial charge in [-0.25, -0.2) is 0 Å². The zero-order valence-electron chi connectivity index (χ0n) is 9.06. The Kier molecular flexibility index (Phi) is 3.58.